The predicted molar refractivity (Wildman–Crippen MR) is 179 cm³/mol. The van der Waals surface area contributed by atoms with E-state index >= 15 is 0 Å². The smallest absolute Gasteiger partial charge is 0.144 e. The van der Waals surface area contributed by atoms with Gasteiger partial charge in [-0.2, -0.15) is 0 Å². The summed E-state index contributed by atoms with van der Waals surface area (Å²) in [7, 11) is 0. The summed E-state index contributed by atoms with van der Waals surface area (Å²) in [6, 6.07) is 54.3. The molecule has 202 valence electrons. The third-order valence-electron chi connectivity index (χ3n) is 8.44. The average Bonchev–Trinajstić information content (AvgIpc) is 3.13. The number of ether oxygens (including phenoxy) is 1. The lowest BCUT2D eigenvalue weighted by molar-refractivity contribution is 0.457. The highest BCUT2D eigenvalue weighted by molar-refractivity contribution is 8.00. The zero-order valence-electron chi connectivity index (χ0n) is 23.2. The molecule has 0 aromatic heterocycles. The maximum atomic E-state index is 6.80. The lowest BCUT2D eigenvalue weighted by Crippen LogP contribution is -2.13. The molecule has 43 heavy (non-hydrogen) atoms. The molecule has 2 nitrogen and oxygen atoms in total. The molecule has 0 N–H and O–H groups in total. The minimum absolute atomic E-state index is 0.884. The summed E-state index contributed by atoms with van der Waals surface area (Å²) in [5, 5.41) is 2.46. The van der Waals surface area contributed by atoms with Crippen molar-refractivity contribution in [1.82, 2.24) is 0 Å². The molecule has 2 aliphatic rings. The van der Waals surface area contributed by atoms with Gasteiger partial charge >= 0.3 is 0 Å². The van der Waals surface area contributed by atoms with Crippen LogP contribution in [0.5, 0.6) is 11.5 Å². The molecule has 2 heterocycles. The van der Waals surface area contributed by atoms with Gasteiger partial charge in [0.2, 0.25) is 0 Å². The molecule has 3 heteroatoms. The Labute approximate surface area is 254 Å². The van der Waals surface area contributed by atoms with E-state index in [9.17, 15) is 0 Å². The summed E-state index contributed by atoms with van der Waals surface area (Å²) in [4.78, 5) is 4.70. The highest BCUT2D eigenvalue weighted by Gasteiger charge is 2.31. The van der Waals surface area contributed by atoms with E-state index in [4.69, 9.17) is 4.74 Å². The van der Waals surface area contributed by atoms with Crippen LogP contribution in [0.3, 0.4) is 0 Å². The summed E-state index contributed by atoms with van der Waals surface area (Å²) in [5.41, 5.74) is 10.5. The minimum atomic E-state index is 0.884. The average molecular weight is 568 g/mol. The molecule has 7 aromatic carbocycles. The van der Waals surface area contributed by atoms with Gasteiger partial charge in [0.15, 0.2) is 0 Å². The largest absolute Gasteiger partial charge is 0.455 e. The molecule has 2 bridgehead atoms. The SMILES string of the molecule is c1ccc(-c2ccc(-c3cc4c5c(c3)N(c3ccccc3)c3ccccc3-c3cccc6ccc(c(c36)S5)O4)cc2)cc1. The zero-order chi connectivity index (χ0) is 28.3. The summed E-state index contributed by atoms with van der Waals surface area (Å²) in [6.07, 6.45) is 0. The summed E-state index contributed by atoms with van der Waals surface area (Å²) in [5.74, 6) is 1.79. The second-order valence-electron chi connectivity index (χ2n) is 11.0. The molecule has 0 spiro atoms. The van der Waals surface area contributed by atoms with Crippen LogP contribution in [0.25, 0.3) is 44.2 Å². The van der Waals surface area contributed by atoms with Crippen molar-refractivity contribution in [3.8, 4) is 44.9 Å². The molecular weight excluding hydrogens is 543 g/mol. The van der Waals surface area contributed by atoms with E-state index in [0.717, 1.165) is 44.6 Å². The Balaban J connectivity index is 1.33. The first-order chi connectivity index (χ1) is 21.3. The van der Waals surface area contributed by atoms with E-state index in [0.29, 0.717) is 0 Å². The van der Waals surface area contributed by atoms with Gasteiger partial charge in [-0.3, -0.25) is 0 Å². The van der Waals surface area contributed by atoms with Crippen molar-refractivity contribution >= 4 is 39.6 Å². The van der Waals surface area contributed by atoms with Gasteiger partial charge in [-0.05, 0) is 69.6 Å². The second-order valence-corrected chi connectivity index (χ2v) is 12.0. The Morgan fingerprint density at radius 3 is 1.93 bits per heavy atom. The molecule has 0 amide bonds. The van der Waals surface area contributed by atoms with E-state index in [1.165, 1.54) is 37.9 Å². The number of benzene rings is 7. The molecule has 0 atom stereocenters. The summed E-state index contributed by atoms with van der Waals surface area (Å²) >= 11 is 1.82. The van der Waals surface area contributed by atoms with Crippen LogP contribution in [0.1, 0.15) is 0 Å². The van der Waals surface area contributed by atoms with Crippen molar-refractivity contribution in [3.63, 3.8) is 0 Å². The third-order valence-corrected chi connectivity index (χ3v) is 9.66. The lowest BCUT2D eigenvalue weighted by atomic mass is 9.95. The lowest BCUT2D eigenvalue weighted by Gasteiger charge is -2.31. The summed E-state index contributed by atoms with van der Waals surface area (Å²) < 4.78 is 6.80. The maximum absolute atomic E-state index is 6.80. The molecule has 0 aliphatic carbocycles. The van der Waals surface area contributed by atoms with Gasteiger partial charge in [0.05, 0.1) is 21.2 Å². The van der Waals surface area contributed by atoms with Crippen LogP contribution < -0.4 is 9.64 Å². The predicted octanol–water partition coefficient (Wildman–Crippen LogP) is 11.9. The molecular formula is C40H25NOS. The molecule has 0 saturated heterocycles. The van der Waals surface area contributed by atoms with Gasteiger partial charge in [0.25, 0.3) is 0 Å². The number of anilines is 3. The van der Waals surface area contributed by atoms with Crippen LogP contribution in [0, 0.1) is 0 Å². The van der Waals surface area contributed by atoms with E-state index in [1.807, 2.05) is 11.8 Å². The first-order valence-corrected chi connectivity index (χ1v) is 15.3. The number of rotatable bonds is 3. The van der Waals surface area contributed by atoms with E-state index in [1.54, 1.807) is 0 Å². The van der Waals surface area contributed by atoms with Crippen LogP contribution in [-0.4, -0.2) is 0 Å². The first-order valence-electron chi connectivity index (χ1n) is 14.5. The fraction of sp³-hybridized carbons (Fsp3) is 0. The standard InChI is InChI=1S/C40H25NOS/c1-3-10-26(11-4-1)27-18-20-28(21-19-27)30-24-35-39-37(25-30)42-36-23-22-29-12-9-16-33(38(29)40(36)43-39)32-15-7-8-17-34(32)41(35)31-13-5-2-6-14-31/h1-25H. The number of hydrogen-bond acceptors (Lipinski definition) is 3. The van der Waals surface area contributed by atoms with Gasteiger partial charge in [0.1, 0.15) is 11.5 Å². The molecule has 0 saturated carbocycles. The molecule has 0 unspecified atom stereocenters. The van der Waals surface area contributed by atoms with Crippen molar-refractivity contribution in [2.24, 2.45) is 0 Å². The number of para-hydroxylation sites is 2. The number of fused-ring (bicyclic) bond motifs is 2. The van der Waals surface area contributed by atoms with Crippen LogP contribution >= 0.6 is 11.8 Å². The molecule has 0 fully saturated rings. The van der Waals surface area contributed by atoms with Crippen molar-refractivity contribution < 1.29 is 4.74 Å². The van der Waals surface area contributed by atoms with Gasteiger partial charge in [-0.1, -0.05) is 127 Å². The van der Waals surface area contributed by atoms with Gasteiger partial charge in [-0.15, -0.1) is 0 Å². The second kappa shape index (κ2) is 9.65. The van der Waals surface area contributed by atoms with Gasteiger partial charge in [0, 0.05) is 16.6 Å². The Hall–Kier alpha value is -5.25. The normalized spacial score (nSPS) is 12.7. The Bertz CT molecular complexity index is 2170. The van der Waals surface area contributed by atoms with Crippen LogP contribution in [0.15, 0.2) is 161 Å². The van der Waals surface area contributed by atoms with Crippen molar-refractivity contribution in [1.29, 1.82) is 0 Å². The van der Waals surface area contributed by atoms with Gasteiger partial charge in [-0.25, -0.2) is 0 Å². The zero-order valence-corrected chi connectivity index (χ0v) is 24.0. The topological polar surface area (TPSA) is 12.5 Å². The summed E-state index contributed by atoms with van der Waals surface area (Å²) in [6.45, 7) is 0. The van der Waals surface area contributed by atoms with E-state index in [-0.39, 0.29) is 0 Å². The monoisotopic (exact) mass is 567 g/mol. The quantitative estimate of drug-likeness (QED) is 0.211. The fourth-order valence-electron chi connectivity index (χ4n) is 6.42. The number of nitrogens with zero attached hydrogens (tertiary/aromatic N) is 1. The Kier molecular flexibility index (Phi) is 5.47. The van der Waals surface area contributed by atoms with Crippen LogP contribution in [-0.2, 0) is 0 Å². The molecule has 0 radical (unpaired) electrons. The Morgan fingerprint density at radius 2 is 1.12 bits per heavy atom. The highest BCUT2D eigenvalue weighted by atomic mass is 32.2. The van der Waals surface area contributed by atoms with E-state index < -0.39 is 0 Å². The van der Waals surface area contributed by atoms with Crippen LogP contribution in [0.2, 0.25) is 0 Å². The third kappa shape index (κ3) is 3.89. The van der Waals surface area contributed by atoms with E-state index in [2.05, 4.69) is 157 Å². The highest BCUT2D eigenvalue weighted by Crippen LogP contribution is 2.59. The molecule has 7 aromatic rings. The Morgan fingerprint density at radius 1 is 0.442 bits per heavy atom. The van der Waals surface area contributed by atoms with Crippen molar-refractivity contribution in [3.05, 3.63) is 152 Å². The first kappa shape index (κ1) is 24.4. The minimum Gasteiger partial charge on any atom is -0.455 e. The fourth-order valence-corrected chi connectivity index (χ4v) is 7.62. The van der Waals surface area contributed by atoms with Gasteiger partial charge < -0.3 is 9.64 Å². The number of hydrogen-bond donors (Lipinski definition) is 0. The molecule has 2 aliphatic heterocycles. The molecule has 9 rings (SSSR count). The van der Waals surface area contributed by atoms with Crippen molar-refractivity contribution in [2.75, 3.05) is 4.90 Å². The van der Waals surface area contributed by atoms with Crippen LogP contribution in [0.4, 0.5) is 17.1 Å². The maximum Gasteiger partial charge on any atom is 0.144 e. The van der Waals surface area contributed by atoms with Crippen molar-refractivity contribution in [2.45, 2.75) is 9.79 Å².